The summed E-state index contributed by atoms with van der Waals surface area (Å²) in [5.41, 5.74) is 1.11. The van der Waals surface area contributed by atoms with Crippen LogP contribution in [0.3, 0.4) is 0 Å². The zero-order valence-corrected chi connectivity index (χ0v) is 10.4. The number of aromatic nitrogens is 1. The Labute approximate surface area is 103 Å². The summed E-state index contributed by atoms with van der Waals surface area (Å²) in [7, 11) is 1.61. The molecular weight excluding hydrogens is 246 g/mol. The molecule has 0 atom stereocenters. The van der Waals surface area contributed by atoms with Crippen LogP contribution in [0, 0.1) is 6.92 Å². The number of hydrogen-bond donors (Lipinski definition) is 0. The molecule has 16 heavy (non-hydrogen) atoms. The summed E-state index contributed by atoms with van der Waals surface area (Å²) in [6.45, 7) is 1.99. The first-order valence-electron chi connectivity index (χ1n) is 4.62. The average molecular weight is 256 g/mol. The van der Waals surface area contributed by atoms with Gasteiger partial charge in [0.25, 0.3) is 5.19 Å². The van der Waals surface area contributed by atoms with E-state index < -0.39 is 0 Å². The maximum atomic E-state index is 5.71. The number of methoxy groups -OCH3 is 1. The molecule has 5 heteroatoms. The zero-order chi connectivity index (χ0) is 11.5. The van der Waals surface area contributed by atoms with Gasteiger partial charge in [0.1, 0.15) is 5.15 Å². The van der Waals surface area contributed by atoms with Crippen LogP contribution in [0.1, 0.15) is 5.56 Å². The highest BCUT2D eigenvalue weighted by atomic mass is 35.5. The second kappa shape index (κ2) is 4.72. The maximum Gasteiger partial charge on any atom is 0.280 e. The minimum absolute atomic E-state index is 0.436. The largest absolute Gasteiger partial charge is 0.493 e. The van der Waals surface area contributed by atoms with E-state index in [-0.39, 0.29) is 0 Å². The first-order valence-corrected chi connectivity index (χ1v) is 5.88. The molecule has 0 aliphatic heterocycles. The van der Waals surface area contributed by atoms with E-state index in [9.17, 15) is 0 Å². The Morgan fingerprint density at radius 1 is 1.31 bits per heavy atom. The van der Waals surface area contributed by atoms with Crippen LogP contribution in [0.25, 0.3) is 0 Å². The predicted molar refractivity (Wildman–Crippen MR) is 64.9 cm³/mol. The van der Waals surface area contributed by atoms with E-state index in [0.717, 1.165) is 5.56 Å². The lowest BCUT2D eigenvalue weighted by molar-refractivity contribution is 0.378. The SMILES string of the molecule is COc1cc(C)ccc1Oc1nc(Cl)cs1. The summed E-state index contributed by atoms with van der Waals surface area (Å²) in [6, 6.07) is 5.71. The number of thiazole rings is 1. The van der Waals surface area contributed by atoms with Crippen LogP contribution < -0.4 is 9.47 Å². The highest BCUT2D eigenvalue weighted by molar-refractivity contribution is 7.11. The lowest BCUT2D eigenvalue weighted by Crippen LogP contribution is -1.90. The minimum Gasteiger partial charge on any atom is -0.493 e. The topological polar surface area (TPSA) is 31.4 Å². The standard InChI is InChI=1S/C11H10ClNO2S/c1-7-3-4-8(9(5-7)14-2)15-11-13-10(12)6-16-11/h3-6H,1-2H3. The fourth-order valence-electron chi connectivity index (χ4n) is 1.24. The van der Waals surface area contributed by atoms with Crippen molar-refractivity contribution in [2.75, 3.05) is 7.11 Å². The summed E-state index contributed by atoms with van der Waals surface area (Å²) < 4.78 is 10.8. The predicted octanol–water partition coefficient (Wildman–Crippen LogP) is 3.91. The molecule has 0 spiro atoms. The fraction of sp³-hybridized carbons (Fsp3) is 0.182. The number of halogens is 1. The molecule has 0 unspecified atom stereocenters. The summed E-state index contributed by atoms with van der Waals surface area (Å²) >= 11 is 7.06. The van der Waals surface area contributed by atoms with Gasteiger partial charge in [-0.15, -0.1) is 0 Å². The van der Waals surface area contributed by atoms with Gasteiger partial charge in [-0.3, -0.25) is 0 Å². The fourth-order valence-corrected chi connectivity index (χ4v) is 2.04. The molecule has 0 bridgehead atoms. The van der Waals surface area contributed by atoms with E-state index in [0.29, 0.717) is 21.8 Å². The van der Waals surface area contributed by atoms with Crippen LogP contribution in [-0.2, 0) is 0 Å². The summed E-state index contributed by atoms with van der Waals surface area (Å²) in [5.74, 6) is 1.32. The van der Waals surface area contributed by atoms with Crippen molar-refractivity contribution in [1.29, 1.82) is 0 Å². The third-order valence-electron chi connectivity index (χ3n) is 1.97. The minimum atomic E-state index is 0.436. The highest BCUT2D eigenvalue weighted by Gasteiger charge is 2.08. The van der Waals surface area contributed by atoms with E-state index >= 15 is 0 Å². The lowest BCUT2D eigenvalue weighted by atomic mass is 10.2. The van der Waals surface area contributed by atoms with Crippen molar-refractivity contribution in [1.82, 2.24) is 4.98 Å². The van der Waals surface area contributed by atoms with Crippen molar-refractivity contribution in [3.05, 3.63) is 34.3 Å². The quantitative estimate of drug-likeness (QED) is 0.833. The van der Waals surface area contributed by atoms with Crippen LogP contribution in [0.4, 0.5) is 0 Å². The van der Waals surface area contributed by atoms with Crippen molar-refractivity contribution in [2.45, 2.75) is 6.92 Å². The monoisotopic (exact) mass is 255 g/mol. The van der Waals surface area contributed by atoms with Crippen molar-refractivity contribution in [3.63, 3.8) is 0 Å². The number of benzene rings is 1. The molecule has 1 aromatic heterocycles. The number of ether oxygens (including phenoxy) is 2. The molecule has 3 nitrogen and oxygen atoms in total. The Morgan fingerprint density at radius 3 is 2.75 bits per heavy atom. The summed E-state index contributed by atoms with van der Waals surface area (Å²) in [5, 5.41) is 2.66. The first-order chi connectivity index (χ1) is 7.69. The third kappa shape index (κ3) is 2.46. The number of hydrogen-bond acceptors (Lipinski definition) is 4. The van der Waals surface area contributed by atoms with E-state index in [1.165, 1.54) is 11.3 Å². The second-order valence-electron chi connectivity index (χ2n) is 3.19. The van der Waals surface area contributed by atoms with Gasteiger partial charge < -0.3 is 9.47 Å². The molecule has 2 rings (SSSR count). The van der Waals surface area contributed by atoms with E-state index in [2.05, 4.69) is 4.98 Å². The Kier molecular flexibility index (Phi) is 3.31. The van der Waals surface area contributed by atoms with Crippen LogP contribution in [-0.4, -0.2) is 12.1 Å². The molecule has 0 N–H and O–H groups in total. The summed E-state index contributed by atoms with van der Waals surface area (Å²) in [6.07, 6.45) is 0. The first kappa shape index (κ1) is 11.2. The van der Waals surface area contributed by atoms with Crippen molar-refractivity contribution >= 4 is 22.9 Å². The van der Waals surface area contributed by atoms with Crippen LogP contribution >= 0.6 is 22.9 Å². The molecule has 2 aromatic rings. The Bertz CT molecular complexity index is 498. The van der Waals surface area contributed by atoms with Gasteiger partial charge >= 0.3 is 0 Å². The Morgan fingerprint density at radius 2 is 2.12 bits per heavy atom. The Hall–Kier alpha value is -1.26. The van der Waals surface area contributed by atoms with Gasteiger partial charge in [-0.2, -0.15) is 4.98 Å². The molecule has 0 fully saturated rings. The van der Waals surface area contributed by atoms with E-state index in [4.69, 9.17) is 21.1 Å². The molecule has 1 aromatic carbocycles. The Balaban J connectivity index is 2.27. The average Bonchev–Trinajstić information content (AvgIpc) is 2.67. The maximum absolute atomic E-state index is 5.71. The molecular formula is C11H10ClNO2S. The summed E-state index contributed by atoms with van der Waals surface area (Å²) in [4.78, 5) is 4.01. The van der Waals surface area contributed by atoms with Gasteiger partial charge in [0, 0.05) is 5.38 Å². The zero-order valence-electron chi connectivity index (χ0n) is 8.86. The van der Waals surface area contributed by atoms with E-state index in [1.54, 1.807) is 12.5 Å². The number of aryl methyl sites for hydroxylation is 1. The van der Waals surface area contributed by atoms with Gasteiger partial charge in [-0.25, -0.2) is 0 Å². The van der Waals surface area contributed by atoms with Crippen molar-refractivity contribution < 1.29 is 9.47 Å². The number of nitrogens with zero attached hydrogens (tertiary/aromatic N) is 1. The van der Waals surface area contributed by atoms with E-state index in [1.807, 2.05) is 25.1 Å². The molecule has 0 saturated heterocycles. The molecule has 0 radical (unpaired) electrons. The molecule has 0 aliphatic rings. The van der Waals surface area contributed by atoms with Gasteiger partial charge in [0.2, 0.25) is 0 Å². The van der Waals surface area contributed by atoms with Crippen molar-refractivity contribution in [2.24, 2.45) is 0 Å². The molecule has 84 valence electrons. The second-order valence-corrected chi connectivity index (χ2v) is 4.40. The van der Waals surface area contributed by atoms with Gasteiger partial charge in [-0.1, -0.05) is 29.0 Å². The van der Waals surface area contributed by atoms with Crippen LogP contribution in [0.5, 0.6) is 16.7 Å². The van der Waals surface area contributed by atoms with Crippen molar-refractivity contribution in [3.8, 4) is 16.7 Å². The van der Waals surface area contributed by atoms with Gasteiger partial charge in [0.15, 0.2) is 11.5 Å². The van der Waals surface area contributed by atoms with Gasteiger partial charge in [-0.05, 0) is 24.6 Å². The third-order valence-corrected chi connectivity index (χ3v) is 3.01. The van der Waals surface area contributed by atoms with Crippen LogP contribution in [0.2, 0.25) is 5.15 Å². The van der Waals surface area contributed by atoms with Crippen LogP contribution in [0.15, 0.2) is 23.6 Å². The lowest BCUT2D eigenvalue weighted by Gasteiger charge is -2.08. The van der Waals surface area contributed by atoms with Gasteiger partial charge in [0.05, 0.1) is 7.11 Å². The normalized spacial score (nSPS) is 10.2. The molecule has 0 amide bonds. The smallest absolute Gasteiger partial charge is 0.280 e. The highest BCUT2D eigenvalue weighted by Crippen LogP contribution is 2.34. The molecule has 0 aliphatic carbocycles. The molecule has 1 heterocycles. The molecule has 0 saturated carbocycles. The number of rotatable bonds is 3.